The van der Waals surface area contributed by atoms with Crippen molar-refractivity contribution in [3.8, 4) is 0 Å². The van der Waals surface area contributed by atoms with Crippen LogP contribution in [0.5, 0.6) is 0 Å². The zero-order valence-electron chi connectivity index (χ0n) is 10.7. The molecule has 0 N–H and O–H groups in total. The molecule has 0 aromatic heterocycles. The zero-order chi connectivity index (χ0) is 12.5. The van der Waals surface area contributed by atoms with E-state index in [0.29, 0.717) is 6.04 Å². The largest absolute Gasteiger partial charge is 0.469 e. The standard InChI is InChI=1S/C15H19NO2/c1-18-15(17)13-10-12-8-5-9-16(12)14(13)11-6-3-2-4-7-11/h2-4,6-7,12-14H,5,8-10H2,1H3/t12-,13+,14-/m1/s1. The van der Waals surface area contributed by atoms with Crippen LogP contribution in [0.2, 0.25) is 0 Å². The van der Waals surface area contributed by atoms with Crippen LogP contribution < -0.4 is 0 Å². The highest BCUT2D eigenvalue weighted by atomic mass is 16.5. The first kappa shape index (κ1) is 11.7. The van der Waals surface area contributed by atoms with Crippen LogP contribution in [0.4, 0.5) is 0 Å². The van der Waals surface area contributed by atoms with Crippen molar-refractivity contribution in [2.24, 2.45) is 5.92 Å². The van der Waals surface area contributed by atoms with Gasteiger partial charge in [0, 0.05) is 12.1 Å². The van der Waals surface area contributed by atoms with Crippen molar-refractivity contribution >= 4 is 5.97 Å². The van der Waals surface area contributed by atoms with Crippen molar-refractivity contribution < 1.29 is 9.53 Å². The van der Waals surface area contributed by atoms with Gasteiger partial charge < -0.3 is 4.74 Å². The highest BCUT2D eigenvalue weighted by Gasteiger charge is 2.47. The van der Waals surface area contributed by atoms with Gasteiger partial charge in [0.1, 0.15) is 0 Å². The minimum Gasteiger partial charge on any atom is -0.469 e. The zero-order valence-corrected chi connectivity index (χ0v) is 10.7. The van der Waals surface area contributed by atoms with Crippen LogP contribution in [0.25, 0.3) is 0 Å². The summed E-state index contributed by atoms with van der Waals surface area (Å²) < 4.78 is 4.99. The van der Waals surface area contributed by atoms with Crippen LogP contribution >= 0.6 is 0 Å². The summed E-state index contributed by atoms with van der Waals surface area (Å²) in [7, 11) is 1.49. The van der Waals surface area contributed by atoms with Crippen LogP contribution in [0, 0.1) is 5.92 Å². The fourth-order valence-electron chi connectivity index (χ4n) is 3.58. The number of hydrogen-bond acceptors (Lipinski definition) is 3. The summed E-state index contributed by atoms with van der Waals surface area (Å²) >= 11 is 0. The van der Waals surface area contributed by atoms with Crippen molar-refractivity contribution in [1.29, 1.82) is 0 Å². The van der Waals surface area contributed by atoms with Gasteiger partial charge in [0.15, 0.2) is 0 Å². The molecular weight excluding hydrogens is 226 g/mol. The molecule has 0 bridgehead atoms. The number of fused-ring (bicyclic) bond motifs is 1. The van der Waals surface area contributed by atoms with Gasteiger partial charge in [-0.2, -0.15) is 0 Å². The molecule has 0 spiro atoms. The van der Waals surface area contributed by atoms with Crippen LogP contribution in [0.3, 0.4) is 0 Å². The molecule has 1 aromatic rings. The van der Waals surface area contributed by atoms with E-state index >= 15 is 0 Å². The fraction of sp³-hybridized carbons (Fsp3) is 0.533. The van der Waals surface area contributed by atoms with Gasteiger partial charge in [-0.3, -0.25) is 9.69 Å². The molecule has 0 saturated carbocycles. The molecule has 0 radical (unpaired) electrons. The molecule has 0 aliphatic carbocycles. The number of esters is 1. The molecule has 18 heavy (non-hydrogen) atoms. The molecule has 2 aliphatic heterocycles. The second kappa shape index (κ2) is 4.73. The number of nitrogens with zero attached hydrogens (tertiary/aromatic N) is 1. The first-order chi connectivity index (χ1) is 8.81. The quantitative estimate of drug-likeness (QED) is 0.749. The van der Waals surface area contributed by atoms with Gasteiger partial charge in [-0.15, -0.1) is 0 Å². The summed E-state index contributed by atoms with van der Waals surface area (Å²) in [5.74, 6) is -0.0547. The number of hydrogen-bond donors (Lipinski definition) is 0. The summed E-state index contributed by atoms with van der Waals surface area (Å²) in [5, 5.41) is 0. The maximum Gasteiger partial charge on any atom is 0.310 e. The molecule has 1 aromatic carbocycles. The monoisotopic (exact) mass is 245 g/mol. The number of methoxy groups -OCH3 is 1. The summed E-state index contributed by atoms with van der Waals surface area (Å²) in [6, 6.07) is 11.2. The fourth-order valence-corrected chi connectivity index (χ4v) is 3.58. The normalized spacial score (nSPS) is 31.3. The number of carbonyl (C=O) groups excluding carboxylic acids is 1. The second-order valence-electron chi connectivity index (χ2n) is 5.25. The van der Waals surface area contributed by atoms with E-state index in [9.17, 15) is 4.79 Å². The molecule has 3 heteroatoms. The third kappa shape index (κ3) is 1.83. The summed E-state index contributed by atoms with van der Waals surface area (Å²) in [6.07, 6.45) is 3.42. The average Bonchev–Trinajstić information content (AvgIpc) is 2.98. The number of ether oxygens (including phenoxy) is 1. The predicted molar refractivity (Wildman–Crippen MR) is 69.0 cm³/mol. The van der Waals surface area contributed by atoms with Crippen molar-refractivity contribution in [3.05, 3.63) is 35.9 Å². The van der Waals surface area contributed by atoms with Gasteiger partial charge in [-0.05, 0) is 31.4 Å². The first-order valence-electron chi connectivity index (χ1n) is 6.70. The molecule has 3 nitrogen and oxygen atoms in total. The summed E-state index contributed by atoms with van der Waals surface area (Å²) in [6.45, 7) is 1.11. The van der Waals surface area contributed by atoms with E-state index in [1.165, 1.54) is 25.5 Å². The Labute approximate surface area is 108 Å². The Kier molecular flexibility index (Phi) is 3.08. The molecule has 2 saturated heterocycles. The number of benzene rings is 1. The van der Waals surface area contributed by atoms with Crippen LogP contribution in [-0.4, -0.2) is 30.6 Å². The van der Waals surface area contributed by atoms with Gasteiger partial charge >= 0.3 is 5.97 Å². The van der Waals surface area contributed by atoms with Gasteiger partial charge in [0.05, 0.1) is 13.0 Å². The molecule has 3 rings (SSSR count). The first-order valence-corrected chi connectivity index (χ1v) is 6.70. The van der Waals surface area contributed by atoms with Gasteiger partial charge in [-0.25, -0.2) is 0 Å². The highest BCUT2D eigenvalue weighted by Crippen LogP contribution is 2.45. The Morgan fingerprint density at radius 2 is 2.11 bits per heavy atom. The van der Waals surface area contributed by atoms with E-state index in [-0.39, 0.29) is 17.9 Å². The molecule has 0 unspecified atom stereocenters. The van der Waals surface area contributed by atoms with Crippen LogP contribution in [0.1, 0.15) is 30.9 Å². The van der Waals surface area contributed by atoms with Gasteiger partial charge in [-0.1, -0.05) is 30.3 Å². The smallest absolute Gasteiger partial charge is 0.310 e. The predicted octanol–water partition coefficient (Wildman–Crippen LogP) is 2.39. The lowest BCUT2D eigenvalue weighted by Crippen LogP contribution is -2.29. The molecule has 2 aliphatic rings. The van der Waals surface area contributed by atoms with E-state index < -0.39 is 0 Å². The lowest BCUT2D eigenvalue weighted by molar-refractivity contribution is -0.146. The molecule has 96 valence electrons. The SMILES string of the molecule is COC(=O)[C@H]1C[C@H]2CCCN2[C@@H]1c1ccccc1. The van der Waals surface area contributed by atoms with Crippen molar-refractivity contribution in [1.82, 2.24) is 4.90 Å². The Balaban J connectivity index is 1.93. The summed E-state index contributed by atoms with van der Waals surface area (Å²) in [5.41, 5.74) is 1.25. The topological polar surface area (TPSA) is 29.5 Å². The molecule has 2 heterocycles. The van der Waals surface area contributed by atoms with Crippen molar-refractivity contribution in [2.45, 2.75) is 31.3 Å². The highest BCUT2D eigenvalue weighted by molar-refractivity contribution is 5.74. The van der Waals surface area contributed by atoms with Crippen LogP contribution in [0.15, 0.2) is 30.3 Å². The van der Waals surface area contributed by atoms with Crippen LogP contribution in [-0.2, 0) is 9.53 Å². The number of rotatable bonds is 2. The average molecular weight is 245 g/mol. The molecule has 2 fully saturated rings. The maximum absolute atomic E-state index is 12.0. The Morgan fingerprint density at radius 3 is 2.83 bits per heavy atom. The Bertz CT molecular complexity index is 431. The minimum absolute atomic E-state index is 0.00250. The number of carbonyl (C=O) groups is 1. The van der Waals surface area contributed by atoms with E-state index in [0.717, 1.165) is 13.0 Å². The third-order valence-electron chi connectivity index (χ3n) is 4.33. The van der Waals surface area contributed by atoms with Crippen molar-refractivity contribution in [2.75, 3.05) is 13.7 Å². The summed E-state index contributed by atoms with van der Waals surface area (Å²) in [4.78, 5) is 14.5. The second-order valence-corrected chi connectivity index (χ2v) is 5.25. The molecular formula is C15H19NO2. The van der Waals surface area contributed by atoms with E-state index in [4.69, 9.17) is 4.74 Å². The van der Waals surface area contributed by atoms with E-state index in [1.807, 2.05) is 18.2 Å². The lowest BCUT2D eigenvalue weighted by Gasteiger charge is -2.26. The van der Waals surface area contributed by atoms with Gasteiger partial charge in [0.2, 0.25) is 0 Å². The molecule has 0 amide bonds. The lowest BCUT2D eigenvalue weighted by atomic mass is 9.92. The van der Waals surface area contributed by atoms with Crippen molar-refractivity contribution in [3.63, 3.8) is 0 Å². The maximum atomic E-state index is 12.0. The van der Waals surface area contributed by atoms with E-state index in [2.05, 4.69) is 17.0 Å². The third-order valence-corrected chi connectivity index (χ3v) is 4.33. The molecule has 3 atom stereocenters. The van der Waals surface area contributed by atoms with Gasteiger partial charge in [0.25, 0.3) is 0 Å². The minimum atomic E-state index is -0.0572. The Morgan fingerprint density at radius 1 is 1.33 bits per heavy atom. The Hall–Kier alpha value is -1.35. The van der Waals surface area contributed by atoms with E-state index in [1.54, 1.807) is 0 Å².